The van der Waals surface area contributed by atoms with E-state index in [1.54, 1.807) is 11.3 Å². The van der Waals surface area contributed by atoms with Crippen molar-refractivity contribution in [3.05, 3.63) is 45.7 Å². The van der Waals surface area contributed by atoms with Gasteiger partial charge < -0.3 is 4.57 Å². The summed E-state index contributed by atoms with van der Waals surface area (Å²) in [5, 5.41) is 2.10. The fourth-order valence-electron chi connectivity index (χ4n) is 1.88. The van der Waals surface area contributed by atoms with Crippen LogP contribution in [0.5, 0.6) is 0 Å². The van der Waals surface area contributed by atoms with Crippen LogP contribution < -0.4 is 4.80 Å². The van der Waals surface area contributed by atoms with Gasteiger partial charge in [0.05, 0.1) is 5.69 Å². The van der Waals surface area contributed by atoms with Gasteiger partial charge in [0.15, 0.2) is 4.80 Å². The number of hydrogen-bond donors (Lipinski definition) is 0. The first kappa shape index (κ1) is 12.1. The highest BCUT2D eigenvalue weighted by molar-refractivity contribution is 7.07. The summed E-state index contributed by atoms with van der Waals surface area (Å²) in [6.45, 7) is 7.45. The van der Waals surface area contributed by atoms with Crippen LogP contribution in [0.3, 0.4) is 0 Å². The first-order valence-corrected chi connectivity index (χ1v) is 6.85. The Morgan fingerprint density at radius 2 is 1.94 bits per heavy atom. The van der Waals surface area contributed by atoms with Crippen LogP contribution in [-0.4, -0.2) is 4.57 Å². The van der Waals surface area contributed by atoms with Crippen molar-refractivity contribution in [1.82, 2.24) is 4.57 Å². The summed E-state index contributed by atoms with van der Waals surface area (Å²) in [5.41, 5.74) is 3.59. The Bertz CT molecular complexity index is 543. The minimum Gasteiger partial charge on any atom is -0.324 e. The second-order valence-corrected chi connectivity index (χ2v) is 5.10. The minimum absolute atomic E-state index is 1.03. The number of aryl methyl sites for hydroxylation is 3. The molecule has 90 valence electrons. The molecule has 0 aliphatic rings. The molecule has 1 heterocycles. The van der Waals surface area contributed by atoms with Crippen molar-refractivity contribution in [2.24, 2.45) is 4.99 Å². The van der Waals surface area contributed by atoms with E-state index >= 15 is 0 Å². The summed E-state index contributed by atoms with van der Waals surface area (Å²) >= 11 is 1.70. The Hall–Kier alpha value is -1.35. The van der Waals surface area contributed by atoms with Gasteiger partial charge in [-0.3, -0.25) is 0 Å². The zero-order valence-electron chi connectivity index (χ0n) is 10.6. The van der Waals surface area contributed by atoms with Gasteiger partial charge in [-0.05, 0) is 31.4 Å². The largest absolute Gasteiger partial charge is 0.324 e. The fraction of sp³-hybridized carbons (Fsp3) is 0.357. The molecule has 2 nitrogen and oxygen atoms in total. The van der Waals surface area contributed by atoms with Crippen LogP contribution in [0, 0.1) is 13.8 Å². The smallest absolute Gasteiger partial charge is 0.189 e. The molecule has 2 rings (SSSR count). The number of para-hydroxylation sites is 1. The predicted octanol–water partition coefficient (Wildman–Crippen LogP) is 3.81. The molecule has 2 aromatic rings. The molecule has 17 heavy (non-hydrogen) atoms. The van der Waals surface area contributed by atoms with E-state index < -0.39 is 0 Å². The lowest BCUT2D eigenvalue weighted by Gasteiger charge is -2.04. The summed E-state index contributed by atoms with van der Waals surface area (Å²) in [5.74, 6) is 0. The van der Waals surface area contributed by atoms with Crippen molar-refractivity contribution in [2.45, 2.75) is 33.7 Å². The number of benzene rings is 1. The van der Waals surface area contributed by atoms with Crippen LogP contribution in [0.4, 0.5) is 5.69 Å². The van der Waals surface area contributed by atoms with Crippen molar-refractivity contribution in [2.75, 3.05) is 0 Å². The molecule has 0 bridgehead atoms. The molecule has 0 atom stereocenters. The van der Waals surface area contributed by atoms with Gasteiger partial charge in [-0.1, -0.05) is 25.1 Å². The van der Waals surface area contributed by atoms with E-state index in [1.807, 2.05) is 0 Å². The number of nitrogens with zero attached hydrogens (tertiary/aromatic N) is 2. The second kappa shape index (κ2) is 5.32. The summed E-state index contributed by atoms with van der Waals surface area (Å²) in [4.78, 5) is 5.89. The van der Waals surface area contributed by atoms with Gasteiger partial charge in [0.2, 0.25) is 0 Å². The Morgan fingerprint density at radius 1 is 1.24 bits per heavy atom. The normalized spacial score (nSPS) is 12.1. The van der Waals surface area contributed by atoms with E-state index in [1.165, 1.54) is 11.1 Å². The van der Waals surface area contributed by atoms with Gasteiger partial charge in [0.25, 0.3) is 0 Å². The van der Waals surface area contributed by atoms with Gasteiger partial charge in [0.1, 0.15) is 0 Å². The lowest BCUT2D eigenvalue weighted by atomic mass is 10.1. The predicted molar refractivity (Wildman–Crippen MR) is 73.7 cm³/mol. The number of thiazole rings is 1. The zero-order chi connectivity index (χ0) is 12.3. The molecule has 0 fully saturated rings. The van der Waals surface area contributed by atoms with Crippen LogP contribution in [0.25, 0.3) is 0 Å². The van der Waals surface area contributed by atoms with Crippen molar-refractivity contribution < 1.29 is 0 Å². The molecule has 0 spiro atoms. The molecule has 0 saturated heterocycles. The van der Waals surface area contributed by atoms with Gasteiger partial charge in [-0.2, -0.15) is 0 Å². The van der Waals surface area contributed by atoms with Crippen molar-refractivity contribution >= 4 is 17.0 Å². The number of hydrogen-bond acceptors (Lipinski definition) is 2. The molecule has 1 aromatic carbocycles. The van der Waals surface area contributed by atoms with Crippen LogP contribution in [0.2, 0.25) is 0 Å². The summed E-state index contributed by atoms with van der Waals surface area (Å²) in [6, 6.07) is 6.31. The standard InChI is InChI=1S/C14H18N2S/c1-4-8-16-9-10-17-14(16)15-13-11(2)6-5-7-12(13)3/h5-7,9-10H,4,8H2,1-3H3. The maximum Gasteiger partial charge on any atom is 0.189 e. The first-order valence-electron chi connectivity index (χ1n) is 5.97. The van der Waals surface area contributed by atoms with Crippen LogP contribution in [0.15, 0.2) is 34.8 Å². The highest BCUT2D eigenvalue weighted by Crippen LogP contribution is 2.22. The summed E-state index contributed by atoms with van der Waals surface area (Å²) < 4.78 is 2.22. The molecular formula is C14H18N2S. The topological polar surface area (TPSA) is 17.3 Å². The molecular weight excluding hydrogens is 228 g/mol. The average molecular weight is 246 g/mol. The molecule has 0 unspecified atom stereocenters. The molecule has 0 aliphatic heterocycles. The monoisotopic (exact) mass is 246 g/mol. The minimum atomic E-state index is 1.03. The zero-order valence-corrected chi connectivity index (χ0v) is 11.4. The Kier molecular flexibility index (Phi) is 3.79. The van der Waals surface area contributed by atoms with E-state index in [-0.39, 0.29) is 0 Å². The summed E-state index contributed by atoms with van der Waals surface area (Å²) in [6.07, 6.45) is 3.25. The van der Waals surface area contributed by atoms with Crippen LogP contribution in [0.1, 0.15) is 24.5 Å². The van der Waals surface area contributed by atoms with Crippen molar-refractivity contribution in [3.63, 3.8) is 0 Å². The maximum absolute atomic E-state index is 4.80. The fourth-order valence-corrected chi connectivity index (χ4v) is 2.64. The molecule has 0 aliphatic carbocycles. The van der Waals surface area contributed by atoms with Crippen molar-refractivity contribution in [1.29, 1.82) is 0 Å². The Labute approximate surface area is 106 Å². The quantitative estimate of drug-likeness (QED) is 0.783. The van der Waals surface area contributed by atoms with Crippen LogP contribution in [-0.2, 0) is 6.54 Å². The SMILES string of the molecule is CCCn1ccsc1=Nc1c(C)cccc1C. The third-order valence-electron chi connectivity index (χ3n) is 2.77. The first-order chi connectivity index (χ1) is 8.22. The van der Waals surface area contributed by atoms with E-state index in [2.05, 4.69) is 55.1 Å². The molecule has 0 N–H and O–H groups in total. The van der Waals surface area contributed by atoms with Crippen molar-refractivity contribution in [3.8, 4) is 0 Å². The van der Waals surface area contributed by atoms with Gasteiger partial charge in [-0.15, -0.1) is 11.3 Å². The lowest BCUT2D eigenvalue weighted by Crippen LogP contribution is -2.13. The van der Waals surface area contributed by atoms with E-state index in [0.717, 1.165) is 23.5 Å². The highest BCUT2D eigenvalue weighted by atomic mass is 32.1. The molecule has 1 aromatic heterocycles. The average Bonchev–Trinajstić information content (AvgIpc) is 2.72. The van der Waals surface area contributed by atoms with Crippen LogP contribution >= 0.6 is 11.3 Å². The van der Waals surface area contributed by atoms with Gasteiger partial charge in [-0.25, -0.2) is 4.99 Å². The third kappa shape index (κ3) is 2.67. The number of aromatic nitrogens is 1. The molecule has 3 heteroatoms. The maximum atomic E-state index is 4.80. The molecule has 0 saturated carbocycles. The van der Waals surface area contributed by atoms with E-state index in [9.17, 15) is 0 Å². The van der Waals surface area contributed by atoms with Gasteiger partial charge in [0, 0.05) is 18.1 Å². The second-order valence-electron chi connectivity index (χ2n) is 4.23. The number of rotatable bonds is 3. The Morgan fingerprint density at radius 3 is 2.59 bits per heavy atom. The molecule has 0 amide bonds. The third-order valence-corrected chi connectivity index (χ3v) is 3.57. The highest BCUT2D eigenvalue weighted by Gasteiger charge is 2.01. The van der Waals surface area contributed by atoms with E-state index in [4.69, 9.17) is 4.99 Å². The van der Waals surface area contributed by atoms with E-state index in [0.29, 0.717) is 0 Å². The van der Waals surface area contributed by atoms with Gasteiger partial charge >= 0.3 is 0 Å². The Balaban J connectivity index is 2.51. The molecule has 0 radical (unpaired) electrons. The lowest BCUT2D eigenvalue weighted by molar-refractivity contribution is 0.661. The summed E-state index contributed by atoms with van der Waals surface area (Å²) in [7, 11) is 0.